The molecule has 0 bridgehead atoms. The summed E-state index contributed by atoms with van der Waals surface area (Å²) in [5.41, 5.74) is 0. The average Bonchev–Trinajstić information content (AvgIpc) is 2.57. The number of benzene rings is 1. The second kappa shape index (κ2) is 4.70. The number of aliphatic hydroxyl groups excluding tert-OH is 1. The van der Waals surface area contributed by atoms with Crippen LogP contribution < -0.4 is 4.74 Å². The summed E-state index contributed by atoms with van der Waals surface area (Å²) in [6, 6.07) is 5.35. The monoisotopic (exact) mass is 292 g/mol. The first kappa shape index (κ1) is 11.2. The van der Waals surface area contributed by atoms with Crippen molar-refractivity contribution >= 4 is 27.5 Å². The molecule has 1 saturated heterocycles. The highest BCUT2D eigenvalue weighted by Gasteiger charge is 2.28. The number of aliphatic hydroxyl groups is 1. The lowest BCUT2D eigenvalue weighted by Crippen LogP contribution is -2.29. The number of hydrogen-bond acceptors (Lipinski definition) is 3. The number of rotatable bonds is 2. The van der Waals surface area contributed by atoms with Gasteiger partial charge in [-0.05, 0) is 18.2 Å². The minimum atomic E-state index is -0.579. The van der Waals surface area contributed by atoms with E-state index in [0.717, 1.165) is 4.47 Å². The Bertz CT molecular complexity index is 359. The van der Waals surface area contributed by atoms with Crippen LogP contribution in [-0.4, -0.2) is 30.5 Å². The van der Waals surface area contributed by atoms with Gasteiger partial charge in [-0.2, -0.15) is 0 Å². The molecule has 1 aliphatic rings. The Labute approximate surface area is 101 Å². The van der Waals surface area contributed by atoms with E-state index in [4.69, 9.17) is 21.1 Å². The second-order valence-corrected chi connectivity index (χ2v) is 4.66. The van der Waals surface area contributed by atoms with Gasteiger partial charge in [0, 0.05) is 4.47 Å². The third-order valence-corrected chi connectivity index (χ3v) is 2.96. The third kappa shape index (κ3) is 2.64. The van der Waals surface area contributed by atoms with Gasteiger partial charge in [0.05, 0.1) is 18.2 Å². The van der Waals surface area contributed by atoms with E-state index in [0.29, 0.717) is 24.0 Å². The summed E-state index contributed by atoms with van der Waals surface area (Å²) in [7, 11) is 0. The molecule has 15 heavy (non-hydrogen) atoms. The molecule has 2 rings (SSSR count). The van der Waals surface area contributed by atoms with Crippen molar-refractivity contribution in [3.63, 3.8) is 0 Å². The van der Waals surface area contributed by atoms with Crippen molar-refractivity contribution < 1.29 is 14.6 Å². The van der Waals surface area contributed by atoms with Crippen LogP contribution in [0.4, 0.5) is 0 Å². The summed E-state index contributed by atoms with van der Waals surface area (Å²) in [5, 5.41) is 10.0. The molecule has 1 aliphatic heterocycles. The number of ether oxygens (including phenoxy) is 2. The van der Waals surface area contributed by atoms with E-state index in [2.05, 4.69) is 15.9 Å². The molecule has 1 fully saturated rings. The molecule has 1 heterocycles. The zero-order chi connectivity index (χ0) is 10.8. The fourth-order valence-electron chi connectivity index (χ4n) is 1.37. The maximum absolute atomic E-state index is 9.49. The molecule has 1 aromatic rings. The lowest BCUT2D eigenvalue weighted by molar-refractivity contribution is 0.0734. The van der Waals surface area contributed by atoms with E-state index in [1.807, 2.05) is 6.07 Å². The van der Waals surface area contributed by atoms with Crippen LogP contribution in [0.5, 0.6) is 5.75 Å². The summed E-state index contributed by atoms with van der Waals surface area (Å²) in [6.07, 6.45) is -0.909. The van der Waals surface area contributed by atoms with Gasteiger partial charge in [-0.15, -0.1) is 0 Å². The standard InChI is InChI=1S/C10H10BrClO3/c11-6-1-2-9(7(12)3-6)15-10-5-14-4-8(10)13/h1-3,8,10,13H,4-5H2/t8-,10-/m1/s1. The lowest BCUT2D eigenvalue weighted by atomic mass is 10.2. The molecule has 1 aromatic carbocycles. The van der Waals surface area contributed by atoms with E-state index in [1.165, 1.54) is 0 Å². The summed E-state index contributed by atoms with van der Waals surface area (Å²) < 4.78 is 11.5. The minimum Gasteiger partial charge on any atom is -0.484 e. The molecule has 0 saturated carbocycles. The van der Waals surface area contributed by atoms with Crippen molar-refractivity contribution in [2.24, 2.45) is 0 Å². The van der Waals surface area contributed by atoms with Gasteiger partial charge in [0.25, 0.3) is 0 Å². The highest BCUT2D eigenvalue weighted by molar-refractivity contribution is 9.10. The molecule has 3 nitrogen and oxygen atoms in total. The SMILES string of the molecule is O[C@@H]1COC[C@H]1Oc1ccc(Br)cc1Cl. The molecule has 0 spiro atoms. The van der Waals surface area contributed by atoms with Crippen LogP contribution >= 0.6 is 27.5 Å². The zero-order valence-corrected chi connectivity index (χ0v) is 10.2. The molecular formula is C10H10BrClO3. The molecule has 82 valence electrons. The Morgan fingerprint density at radius 3 is 2.87 bits per heavy atom. The molecule has 0 amide bonds. The topological polar surface area (TPSA) is 38.7 Å². The first-order valence-corrected chi connectivity index (χ1v) is 5.71. The fraction of sp³-hybridized carbons (Fsp3) is 0.400. The molecule has 1 N–H and O–H groups in total. The molecular weight excluding hydrogens is 283 g/mol. The molecule has 0 aromatic heterocycles. The predicted molar refractivity (Wildman–Crippen MR) is 60.4 cm³/mol. The van der Waals surface area contributed by atoms with Crippen LogP contribution in [0.15, 0.2) is 22.7 Å². The summed E-state index contributed by atoms with van der Waals surface area (Å²) in [5.74, 6) is 0.564. The maximum atomic E-state index is 9.49. The van der Waals surface area contributed by atoms with Crippen molar-refractivity contribution in [2.75, 3.05) is 13.2 Å². The number of halogens is 2. The summed E-state index contributed by atoms with van der Waals surface area (Å²) >= 11 is 9.28. The lowest BCUT2D eigenvalue weighted by Gasteiger charge is -2.16. The van der Waals surface area contributed by atoms with Crippen molar-refractivity contribution in [3.8, 4) is 5.75 Å². The molecule has 5 heteroatoms. The van der Waals surface area contributed by atoms with E-state index < -0.39 is 6.10 Å². The van der Waals surface area contributed by atoms with Gasteiger partial charge in [-0.25, -0.2) is 0 Å². The van der Waals surface area contributed by atoms with Crippen LogP contribution in [0.1, 0.15) is 0 Å². The first-order valence-electron chi connectivity index (χ1n) is 4.54. The van der Waals surface area contributed by atoms with Crippen LogP contribution in [-0.2, 0) is 4.74 Å². The van der Waals surface area contributed by atoms with Crippen molar-refractivity contribution in [1.29, 1.82) is 0 Å². The number of hydrogen-bond donors (Lipinski definition) is 1. The Kier molecular flexibility index (Phi) is 3.51. The molecule has 0 radical (unpaired) electrons. The van der Waals surface area contributed by atoms with Gasteiger partial charge in [0.1, 0.15) is 18.0 Å². The van der Waals surface area contributed by atoms with Gasteiger partial charge < -0.3 is 14.6 Å². The highest BCUT2D eigenvalue weighted by atomic mass is 79.9. The van der Waals surface area contributed by atoms with Crippen molar-refractivity contribution in [3.05, 3.63) is 27.7 Å². The maximum Gasteiger partial charge on any atom is 0.150 e. The molecule has 0 unspecified atom stereocenters. The van der Waals surface area contributed by atoms with Gasteiger partial charge >= 0.3 is 0 Å². The fourth-order valence-corrected chi connectivity index (χ4v) is 2.09. The van der Waals surface area contributed by atoms with Gasteiger partial charge in [-0.1, -0.05) is 27.5 Å². The van der Waals surface area contributed by atoms with Gasteiger partial charge in [-0.3, -0.25) is 0 Å². The summed E-state index contributed by atoms with van der Waals surface area (Å²) in [4.78, 5) is 0. The third-order valence-electron chi connectivity index (χ3n) is 2.17. The Morgan fingerprint density at radius 1 is 1.47 bits per heavy atom. The normalized spacial score (nSPS) is 25.5. The van der Waals surface area contributed by atoms with Crippen LogP contribution in [0.2, 0.25) is 5.02 Å². The minimum absolute atomic E-state index is 0.318. The Balaban J connectivity index is 2.10. The Morgan fingerprint density at radius 2 is 2.27 bits per heavy atom. The molecule has 2 atom stereocenters. The first-order chi connectivity index (χ1) is 7.16. The average molecular weight is 294 g/mol. The van der Waals surface area contributed by atoms with Gasteiger partial charge in [0.15, 0.2) is 0 Å². The highest BCUT2D eigenvalue weighted by Crippen LogP contribution is 2.29. The second-order valence-electron chi connectivity index (χ2n) is 3.34. The van der Waals surface area contributed by atoms with Crippen LogP contribution in [0.3, 0.4) is 0 Å². The summed E-state index contributed by atoms with van der Waals surface area (Å²) in [6.45, 7) is 0.715. The molecule has 0 aliphatic carbocycles. The zero-order valence-electron chi connectivity index (χ0n) is 7.82. The van der Waals surface area contributed by atoms with E-state index in [1.54, 1.807) is 12.1 Å². The largest absolute Gasteiger partial charge is 0.484 e. The van der Waals surface area contributed by atoms with Crippen LogP contribution in [0.25, 0.3) is 0 Å². The van der Waals surface area contributed by atoms with Crippen molar-refractivity contribution in [1.82, 2.24) is 0 Å². The predicted octanol–water partition coefficient (Wildman–Crippen LogP) is 2.24. The van der Waals surface area contributed by atoms with Crippen molar-refractivity contribution in [2.45, 2.75) is 12.2 Å². The van der Waals surface area contributed by atoms with Gasteiger partial charge in [0.2, 0.25) is 0 Å². The van der Waals surface area contributed by atoms with Crippen LogP contribution in [0, 0.1) is 0 Å². The van der Waals surface area contributed by atoms with E-state index in [9.17, 15) is 5.11 Å². The quantitative estimate of drug-likeness (QED) is 0.909. The van der Waals surface area contributed by atoms with E-state index in [-0.39, 0.29) is 6.10 Å². The smallest absolute Gasteiger partial charge is 0.150 e. The van der Waals surface area contributed by atoms with E-state index >= 15 is 0 Å². The Hall–Kier alpha value is -0.290.